The third kappa shape index (κ3) is 1.19. The Morgan fingerprint density at radius 2 is 2.27 bits per heavy atom. The zero-order valence-corrected chi connectivity index (χ0v) is 8.14. The molecule has 2 heterocycles. The summed E-state index contributed by atoms with van der Waals surface area (Å²) in [4.78, 5) is 4.05. The average Bonchev–Trinajstić information content (AvgIpc) is 2.64. The van der Waals surface area contributed by atoms with Crippen molar-refractivity contribution in [3.63, 3.8) is 0 Å². The fourth-order valence-corrected chi connectivity index (χ4v) is 1.88. The maximum Gasteiger partial charge on any atom is 0.181 e. The molecule has 0 saturated carbocycles. The molecule has 3 rings (SSSR count). The lowest BCUT2D eigenvalue weighted by Gasteiger charge is -2.40. The topological polar surface area (TPSA) is 55.5 Å². The first kappa shape index (κ1) is 8.88. The van der Waals surface area contributed by atoms with Gasteiger partial charge in [0, 0.05) is 0 Å². The van der Waals surface area contributed by atoms with Crippen LogP contribution in [0.1, 0.15) is 5.56 Å². The number of aliphatic hydroxyl groups excluding tert-OH is 1. The van der Waals surface area contributed by atoms with E-state index in [2.05, 4.69) is 4.98 Å². The second-order valence-electron chi connectivity index (χ2n) is 3.97. The van der Waals surface area contributed by atoms with E-state index in [4.69, 9.17) is 9.15 Å². The third-order valence-electron chi connectivity index (χ3n) is 3.00. The highest BCUT2D eigenvalue weighted by molar-refractivity contribution is 5.73. The lowest BCUT2D eigenvalue weighted by atomic mass is 9.79. The van der Waals surface area contributed by atoms with E-state index in [9.17, 15) is 5.11 Å². The highest BCUT2D eigenvalue weighted by atomic mass is 16.5. The number of ether oxygens (including phenoxy) is 1. The van der Waals surface area contributed by atoms with Gasteiger partial charge in [-0.1, -0.05) is 6.07 Å². The molecule has 78 valence electrons. The van der Waals surface area contributed by atoms with Crippen molar-refractivity contribution < 1.29 is 14.3 Å². The van der Waals surface area contributed by atoms with E-state index in [-0.39, 0.29) is 12.0 Å². The summed E-state index contributed by atoms with van der Waals surface area (Å²) in [6, 6.07) is 5.81. The van der Waals surface area contributed by atoms with Gasteiger partial charge in [-0.25, -0.2) is 4.98 Å². The fraction of sp³-hybridized carbons (Fsp3) is 0.364. The molecular weight excluding hydrogens is 194 g/mol. The van der Waals surface area contributed by atoms with Crippen LogP contribution in [0, 0.1) is 0 Å². The molecule has 1 fully saturated rings. The van der Waals surface area contributed by atoms with E-state index in [0.717, 1.165) is 16.7 Å². The molecule has 0 aliphatic carbocycles. The van der Waals surface area contributed by atoms with Crippen molar-refractivity contribution in [2.24, 2.45) is 0 Å². The van der Waals surface area contributed by atoms with Crippen LogP contribution in [-0.2, 0) is 10.2 Å². The molecule has 0 unspecified atom stereocenters. The van der Waals surface area contributed by atoms with E-state index in [0.29, 0.717) is 13.2 Å². The summed E-state index contributed by atoms with van der Waals surface area (Å²) in [5, 5.41) is 9.39. The minimum atomic E-state index is -0.235. The van der Waals surface area contributed by atoms with Gasteiger partial charge >= 0.3 is 0 Å². The molecular formula is C11H11NO3. The fourth-order valence-electron chi connectivity index (χ4n) is 1.88. The lowest BCUT2D eigenvalue weighted by Crippen LogP contribution is -2.49. The summed E-state index contributed by atoms with van der Waals surface area (Å²) in [6.07, 6.45) is 1.43. The monoisotopic (exact) mass is 205 g/mol. The normalized spacial score (nSPS) is 19.0. The summed E-state index contributed by atoms with van der Waals surface area (Å²) >= 11 is 0. The van der Waals surface area contributed by atoms with Crippen molar-refractivity contribution in [2.45, 2.75) is 5.41 Å². The number of rotatable bonds is 2. The maximum atomic E-state index is 9.39. The first-order valence-corrected chi connectivity index (χ1v) is 4.86. The Morgan fingerprint density at radius 1 is 1.40 bits per heavy atom. The van der Waals surface area contributed by atoms with E-state index in [1.807, 2.05) is 18.2 Å². The smallest absolute Gasteiger partial charge is 0.181 e. The molecule has 0 spiro atoms. The molecule has 1 aliphatic rings. The highest BCUT2D eigenvalue weighted by Gasteiger charge is 2.40. The molecule has 15 heavy (non-hydrogen) atoms. The van der Waals surface area contributed by atoms with Crippen molar-refractivity contribution in [2.75, 3.05) is 19.8 Å². The number of nitrogens with zero attached hydrogens (tertiary/aromatic N) is 1. The minimum absolute atomic E-state index is 0.104. The van der Waals surface area contributed by atoms with Crippen LogP contribution in [-0.4, -0.2) is 29.9 Å². The lowest BCUT2D eigenvalue weighted by molar-refractivity contribution is -0.0841. The number of fused-ring (bicyclic) bond motifs is 1. The van der Waals surface area contributed by atoms with Gasteiger partial charge in [-0.05, 0) is 17.7 Å². The van der Waals surface area contributed by atoms with Crippen molar-refractivity contribution in [3.05, 3.63) is 30.2 Å². The van der Waals surface area contributed by atoms with Gasteiger partial charge in [-0.2, -0.15) is 0 Å². The quantitative estimate of drug-likeness (QED) is 0.797. The summed E-state index contributed by atoms with van der Waals surface area (Å²) in [5.41, 5.74) is 2.42. The molecule has 1 N–H and O–H groups in total. The Labute approximate surface area is 86.5 Å². The van der Waals surface area contributed by atoms with Crippen molar-refractivity contribution in [3.8, 4) is 0 Å². The predicted molar refractivity (Wildman–Crippen MR) is 53.6 cm³/mol. The number of hydrogen-bond donors (Lipinski definition) is 1. The minimum Gasteiger partial charge on any atom is -0.443 e. The van der Waals surface area contributed by atoms with Crippen molar-refractivity contribution in [1.82, 2.24) is 4.98 Å². The molecule has 0 atom stereocenters. The van der Waals surface area contributed by atoms with Crippen LogP contribution in [0.2, 0.25) is 0 Å². The largest absolute Gasteiger partial charge is 0.443 e. The first-order chi connectivity index (χ1) is 7.34. The van der Waals surface area contributed by atoms with E-state index in [1.54, 1.807) is 0 Å². The molecule has 1 aromatic heterocycles. The summed E-state index contributed by atoms with van der Waals surface area (Å²) < 4.78 is 10.4. The highest BCUT2D eigenvalue weighted by Crippen LogP contribution is 2.33. The van der Waals surface area contributed by atoms with Gasteiger partial charge in [-0.3, -0.25) is 0 Å². The number of aliphatic hydroxyl groups is 1. The second-order valence-corrected chi connectivity index (χ2v) is 3.97. The molecule has 1 saturated heterocycles. The van der Waals surface area contributed by atoms with Crippen LogP contribution in [0.4, 0.5) is 0 Å². The second kappa shape index (κ2) is 3.05. The Hall–Kier alpha value is -1.39. The molecule has 0 radical (unpaired) electrons. The number of benzene rings is 1. The van der Waals surface area contributed by atoms with Crippen LogP contribution >= 0.6 is 0 Å². The third-order valence-corrected chi connectivity index (χ3v) is 3.00. The summed E-state index contributed by atoms with van der Waals surface area (Å²) in [6.45, 7) is 1.25. The van der Waals surface area contributed by atoms with E-state index in [1.165, 1.54) is 6.39 Å². The van der Waals surface area contributed by atoms with E-state index >= 15 is 0 Å². The number of oxazole rings is 1. The molecule has 4 heteroatoms. The van der Waals surface area contributed by atoms with Crippen LogP contribution in [0.5, 0.6) is 0 Å². The number of aromatic nitrogens is 1. The SMILES string of the molecule is OCC1(c2ccc3ncoc3c2)COC1. The Bertz CT molecular complexity index is 482. The van der Waals surface area contributed by atoms with Crippen LogP contribution in [0.3, 0.4) is 0 Å². The molecule has 2 aromatic rings. The zero-order valence-electron chi connectivity index (χ0n) is 8.14. The van der Waals surface area contributed by atoms with Crippen LogP contribution in [0.25, 0.3) is 11.1 Å². The molecule has 1 aromatic carbocycles. The van der Waals surface area contributed by atoms with Gasteiger partial charge in [0.2, 0.25) is 0 Å². The Morgan fingerprint density at radius 3 is 2.93 bits per heavy atom. The van der Waals surface area contributed by atoms with Gasteiger partial charge in [0.25, 0.3) is 0 Å². The summed E-state index contributed by atoms with van der Waals surface area (Å²) in [7, 11) is 0. The van der Waals surface area contributed by atoms with E-state index < -0.39 is 0 Å². The molecule has 1 aliphatic heterocycles. The molecule has 4 nitrogen and oxygen atoms in total. The van der Waals surface area contributed by atoms with Gasteiger partial charge in [0.1, 0.15) is 5.52 Å². The Kier molecular flexibility index (Phi) is 1.81. The van der Waals surface area contributed by atoms with Crippen LogP contribution in [0.15, 0.2) is 29.0 Å². The average molecular weight is 205 g/mol. The van der Waals surface area contributed by atoms with Crippen molar-refractivity contribution in [1.29, 1.82) is 0 Å². The van der Waals surface area contributed by atoms with Crippen LogP contribution < -0.4 is 0 Å². The van der Waals surface area contributed by atoms with Crippen molar-refractivity contribution >= 4 is 11.1 Å². The maximum absolute atomic E-state index is 9.39. The molecule has 0 amide bonds. The zero-order chi connectivity index (χ0) is 10.3. The predicted octanol–water partition coefficient (Wildman–Crippen LogP) is 1.09. The van der Waals surface area contributed by atoms with Gasteiger partial charge < -0.3 is 14.3 Å². The standard InChI is InChI=1S/C11H11NO3/c13-4-11(5-14-6-11)8-1-2-9-10(3-8)15-7-12-9/h1-3,7,13H,4-6H2. The molecule has 0 bridgehead atoms. The Balaban J connectivity index is 2.10. The van der Waals surface area contributed by atoms with Gasteiger partial charge in [0.15, 0.2) is 12.0 Å². The summed E-state index contributed by atoms with van der Waals surface area (Å²) in [5.74, 6) is 0. The number of hydrogen-bond acceptors (Lipinski definition) is 4. The van der Waals surface area contributed by atoms with Gasteiger partial charge in [-0.15, -0.1) is 0 Å². The van der Waals surface area contributed by atoms with Gasteiger partial charge in [0.05, 0.1) is 25.2 Å². The first-order valence-electron chi connectivity index (χ1n) is 4.86.